The lowest BCUT2D eigenvalue weighted by Gasteiger charge is -2.28. The Morgan fingerprint density at radius 2 is 2.06 bits per heavy atom. The SMILES string of the molecule is CC(Nc1ccc(C(=O)O)nc1)C(C)(C)C. The first-order chi connectivity index (χ1) is 7.30. The Labute approximate surface area is 95.7 Å². The molecule has 1 rings (SSSR count). The molecule has 0 amide bonds. The van der Waals surface area contributed by atoms with Crippen molar-refractivity contribution < 1.29 is 9.90 Å². The third-order valence-electron chi connectivity index (χ3n) is 2.66. The molecule has 2 N–H and O–H groups in total. The van der Waals surface area contributed by atoms with Crippen molar-refractivity contribution in [2.24, 2.45) is 5.41 Å². The van der Waals surface area contributed by atoms with Crippen LogP contribution in [-0.2, 0) is 0 Å². The minimum atomic E-state index is -1.00. The van der Waals surface area contributed by atoms with Gasteiger partial charge in [0.15, 0.2) is 0 Å². The van der Waals surface area contributed by atoms with Crippen LogP contribution in [0.2, 0.25) is 0 Å². The van der Waals surface area contributed by atoms with Gasteiger partial charge in [-0.25, -0.2) is 9.78 Å². The highest BCUT2D eigenvalue weighted by molar-refractivity contribution is 5.85. The van der Waals surface area contributed by atoms with Gasteiger partial charge in [0.05, 0.1) is 11.9 Å². The summed E-state index contributed by atoms with van der Waals surface area (Å²) in [5.74, 6) is -1.00. The minimum Gasteiger partial charge on any atom is -0.477 e. The van der Waals surface area contributed by atoms with E-state index in [0.717, 1.165) is 5.69 Å². The summed E-state index contributed by atoms with van der Waals surface area (Å²) in [6, 6.07) is 3.52. The van der Waals surface area contributed by atoms with Crippen molar-refractivity contribution in [2.45, 2.75) is 33.7 Å². The number of anilines is 1. The van der Waals surface area contributed by atoms with Crippen LogP contribution < -0.4 is 5.32 Å². The molecule has 0 fully saturated rings. The van der Waals surface area contributed by atoms with Crippen LogP contribution in [0.5, 0.6) is 0 Å². The molecule has 0 bridgehead atoms. The van der Waals surface area contributed by atoms with Gasteiger partial charge in [-0.05, 0) is 24.5 Å². The third-order valence-corrected chi connectivity index (χ3v) is 2.66. The lowest BCUT2D eigenvalue weighted by atomic mass is 9.88. The van der Waals surface area contributed by atoms with Crippen molar-refractivity contribution in [3.63, 3.8) is 0 Å². The summed E-state index contributed by atoms with van der Waals surface area (Å²) in [5.41, 5.74) is 1.05. The molecular formula is C12H18N2O2. The van der Waals surface area contributed by atoms with Crippen LogP contribution in [0.4, 0.5) is 5.69 Å². The van der Waals surface area contributed by atoms with Crippen LogP contribution >= 0.6 is 0 Å². The fourth-order valence-electron chi connectivity index (χ4n) is 1.07. The number of hydrogen-bond donors (Lipinski definition) is 2. The maximum Gasteiger partial charge on any atom is 0.354 e. The van der Waals surface area contributed by atoms with E-state index >= 15 is 0 Å². The summed E-state index contributed by atoms with van der Waals surface area (Å²) in [6.07, 6.45) is 1.55. The Morgan fingerprint density at radius 1 is 1.44 bits per heavy atom. The molecule has 1 aromatic rings. The quantitative estimate of drug-likeness (QED) is 0.825. The van der Waals surface area contributed by atoms with Crippen LogP contribution in [0.15, 0.2) is 18.3 Å². The first-order valence-corrected chi connectivity index (χ1v) is 5.26. The summed E-state index contributed by atoms with van der Waals surface area (Å²) in [7, 11) is 0. The molecule has 1 unspecified atom stereocenters. The number of aromatic nitrogens is 1. The number of carboxylic acid groups (broad SMARTS) is 1. The Kier molecular flexibility index (Phi) is 3.52. The first kappa shape index (κ1) is 12.5. The van der Waals surface area contributed by atoms with Crippen molar-refractivity contribution in [1.82, 2.24) is 4.98 Å². The Bertz CT molecular complexity index is 366. The van der Waals surface area contributed by atoms with Crippen molar-refractivity contribution in [3.8, 4) is 0 Å². The molecule has 0 aliphatic rings. The van der Waals surface area contributed by atoms with E-state index in [1.54, 1.807) is 12.3 Å². The van der Waals surface area contributed by atoms with Crippen molar-refractivity contribution in [3.05, 3.63) is 24.0 Å². The standard InChI is InChI=1S/C12H18N2O2/c1-8(12(2,3)4)14-9-5-6-10(11(15)16)13-7-9/h5-8,14H,1-4H3,(H,15,16). The number of hydrogen-bond acceptors (Lipinski definition) is 3. The molecule has 0 radical (unpaired) electrons. The number of pyridine rings is 1. The molecule has 88 valence electrons. The first-order valence-electron chi connectivity index (χ1n) is 5.26. The topological polar surface area (TPSA) is 62.2 Å². The molecule has 0 saturated carbocycles. The zero-order chi connectivity index (χ0) is 12.3. The Balaban J connectivity index is 2.73. The molecule has 1 aromatic heterocycles. The molecule has 0 aliphatic carbocycles. The highest BCUT2D eigenvalue weighted by atomic mass is 16.4. The lowest BCUT2D eigenvalue weighted by molar-refractivity contribution is 0.0690. The van der Waals surface area contributed by atoms with Crippen LogP contribution in [0, 0.1) is 5.41 Å². The monoisotopic (exact) mass is 222 g/mol. The third kappa shape index (κ3) is 3.22. The summed E-state index contributed by atoms with van der Waals surface area (Å²) in [6.45, 7) is 8.52. The molecule has 16 heavy (non-hydrogen) atoms. The van der Waals surface area contributed by atoms with E-state index in [0.29, 0.717) is 0 Å². The van der Waals surface area contributed by atoms with Crippen LogP contribution in [0.25, 0.3) is 0 Å². The molecule has 1 heterocycles. The summed E-state index contributed by atoms with van der Waals surface area (Å²) < 4.78 is 0. The van der Waals surface area contributed by atoms with Gasteiger partial charge in [-0.2, -0.15) is 0 Å². The van der Waals surface area contributed by atoms with Gasteiger partial charge in [0.25, 0.3) is 0 Å². The molecular weight excluding hydrogens is 204 g/mol. The van der Waals surface area contributed by atoms with E-state index < -0.39 is 5.97 Å². The van der Waals surface area contributed by atoms with Gasteiger partial charge in [-0.3, -0.25) is 0 Å². The summed E-state index contributed by atoms with van der Waals surface area (Å²) in [5, 5.41) is 12.0. The molecule has 0 aromatic carbocycles. The molecule has 1 atom stereocenters. The van der Waals surface area contributed by atoms with Crippen LogP contribution in [0.3, 0.4) is 0 Å². The van der Waals surface area contributed by atoms with Gasteiger partial charge in [0, 0.05) is 6.04 Å². The number of nitrogens with one attached hydrogen (secondary N) is 1. The van der Waals surface area contributed by atoms with Gasteiger partial charge in [-0.1, -0.05) is 20.8 Å². The lowest BCUT2D eigenvalue weighted by Crippen LogP contribution is -2.30. The molecule has 0 spiro atoms. The molecule has 4 heteroatoms. The smallest absolute Gasteiger partial charge is 0.354 e. The Hall–Kier alpha value is -1.58. The summed E-state index contributed by atoms with van der Waals surface area (Å²) in [4.78, 5) is 14.5. The van der Waals surface area contributed by atoms with E-state index in [1.165, 1.54) is 6.07 Å². The average Bonchev–Trinajstić information content (AvgIpc) is 2.17. The predicted molar refractivity (Wildman–Crippen MR) is 63.7 cm³/mol. The number of nitrogens with zero attached hydrogens (tertiary/aromatic N) is 1. The zero-order valence-corrected chi connectivity index (χ0v) is 10.1. The zero-order valence-electron chi connectivity index (χ0n) is 10.1. The predicted octanol–water partition coefficient (Wildman–Crippen LogP) is 2.63. The second-order valence-corrected chi connectivity index (χ2v) is 4.97. The minimum absolute atomic E-state index is 0.0639. The van der Waals surface area contributed by atoms with E-state index in [1.807, 2.05) is 0 Å². The van der Waals surface area contributed by atoms with E-state index in [9.17, 15) is 4.79 Å². The van der Waals surface area contributed by atoms with Gasteiger partial charge < -0.3 is 10.4 Å². The Morgan fingerprint density at radius 3 is 2.44 bits per heavy atom. The largest absolute Gasteiger partial charge is 0.477 e. The van der Waals surface area contributed by atoms with Gasteiger partial charge in [0.1, 0.15) is 5.69 Å². The normalized spacial score (nSPS) is 13.2. The van der Waals surface area contributed by atoms with Gasteiger partial charge in [-0.15, -0.1) is 0 Å². The van der Waals surface area contributed by atoms with Gasteiger partial charge >= 0.3 is 5.97 Å². The maximum absolute atomic E-state index is 10.6. The fourth-order valence-corrected chi connectivity index (χ4v) is 1.07. The van der Waals surface area contributed by atoms with Crippen LogP contribution in [-0.4, -0.2) is 22.1 Å². The van der Waals surface area contributed by atoms with Crippen molar-refractivity contribution in [2.75, 3.05) is 5.32 Å². The van der Waals surface area contributed by atoms with Crippen LogP contribution in [0.1, 0.15) is 38.2 Å². The van der Waals surface area contributed by atoms with Crippen molar-refractivity contribution in [1.29, 1.82) is 0 Å². The number of carbonyl (C=O) groups is 1. The maximum atomic E-state index is 10.6. The fraction of sp³-hybridized carbons (Fsp3) is 0.500. The number of aromatic carboxylic acids is 1. The number of rotatable bonds is 3. The van der Waals surface area contributed by atoms with E-state index in [4.69, 9.17) is 5.11 Å². The second-order valence-electron chi connectivity index (χ2n) is 4.97. The highest BCUT2D eigenvalue weighted by Gasteiger charge is 2.19. The molecule has 0 aliphatic heterocycles. The van der Waals surface area contributed by atoms with E-state index in [2.05, 4.69) is 38.0 Å². The highest BCUT2D eigenvalue weighted by Crippen LogP contribution is 2.22. The van der Waals surface area contributed by atoms with Crippen molar-refractivity contribution >= 4 is 11.7 Å². The molecule has 4 nitrogen and oxygen atoms in total. The summed E-state index contributed by atoms with van der Waals surface area (Å²) >= 11 is 0. The second kappa shape index (κ2) is 4.51. The number of carboxylic acids is 1. The average molecular weight is 222 g/mol. The van der Waals surface area contributed by atoms with E-state index in [-0.39, 0.29) is 17.2 Å². The molecule has 0 saturated heterocycles. The van der Waals surface area contributed by atoms with Gasteiger partial charge in [0.2, 0.25) is 0 Å².